The third kappa shape index (κ3) is 3.34. The van der Waals surface area contributed by atoms with E-state index in [1.165, 1.54) is 0 Å². The fourth-order valence-electron chi connectivity index (χ4n) is 2.98. The van der Waals surface area contributed by atoms with Gasteiger partial charge in [0.05, 0.1) is 5.69 Å². The number of para-hydroxylation sites is 2. The van der Waals surface area contributed by atoms with Gasteiger partial charge in [-0.3, -0.25) is 14.4 Å². The number of hydrogen-bond acceptors (Lipinski definition) is 4. The third-order valence-electron chi connectivity index (χ3n) is 4.26. The van der Waals surface area contributed by atoms with Crippen molar-refractivity contribution in [3.05, 3.63) is 24.3 Å². The lowest BCUT2D eigenvalue weighted by molar-refractivity contribution is -0.130. The minimum Gasteiger partial charge on any atom is -0.479 e. The second-order valence-corrected chi connectivity index (χ2v) is 6.02. The summed E-state index contributed by atoms with van der Waals surface area (Å²) in [6.45, 7) is 2.60. The minimum absolute atomic E-state index is 0.135. The van der Waals surface area contributed by atoms with E-state index in [0.717, 1.165) is 6.42 Å². The normalized spacial score (nSPS) is 23.1. The van der Waals surface area contributed by atoms with Gasteiger partial charge in [0.15, 0.2) is 6.10 Å². The lowest BCUT2D eigenvalue weighted by Crippen LogP contribution is -2.51. The van der Waals surface area contributed by atoms with Crippen LogP contribution in [0.5, 0.6) is 5.75 Å². The Morgan fingerprint density at radius 2 is 2.17 bits per heavy atom. The van der Waals surface area contributed by atoms with Crippen LogP contribution in [-0.2, 0) is 14.4 Å². The maximum atomic E-state index is 12.3. The van der Waals surface area contributed by atoms with E-state index >= 15 is 0 Å². The largest absolute Gasteiger partial charge is 0.479 e. The van der Waals surface area contributed by atoms with Crippen molar-refractivity contribution in [2.45, 2.75) is 38.3 Å². The Labute approximate surface area is 140 Å². The maximum absolute atomic E-state index is 12.3. The quantitative estimate of drug-likeness (QED) is 0.845. The van der Waals surface area contributed by atoms with Crippen LogP contribution >= 0.6 is 0 Å². The van der Waals surface area contributed by atoms with Crippen molar-refractivity contribution in [3.63, 3.8) is 0 Å². The highest BCUT2D eigenvalue weighted by atomic mass is 16.5. The molecule has 1 fully saturated rings. The number of fused-ring (bicyclic) bond motifs is 1. The van der Waals surface area contributed by atoms with Crippen molar-refractivity contribution >= 4 is 23.4 Å². The van der Waals surface area contributed by atoms with Gasteiger partial charge in [0.2, 0.25) is 11.8 Å². The van der Waals surface area contributed by atoms with E-state index in [-0.39, 0.29) is 30.7 Å². The molecule has 7 nitrogen and oxygen atoms in total. The first-order valence-electron chi connectivity index (χ1n) is 8.20. The van der Waals surface area contributed by atoms with Crippen molar-refractivity contribution in [1.29, 1.82) is 0 Å². The number of nitrogens with zero attached hydrogens (tertiary/aromatic N) is 1. The SMILES string of the molecule is C[C@H]1Oc2ccccc2N(CCC(=O)N[C@@H]2CCCNC2=O)C1=O. The van der Waals surface area contributed by atoms with E-state index < -0.39 is 12.1 Å². The number of carbonyl (C=O) groups is 3. The number of anilines is 1. The Bertz CT molecular complexity index is 661. The van der Waals surface area contributed by atoms with Crippen molar-refractivity contribution in [2.24, 2.45) is 0 Å². The van der Waals surface area contributed by atoms with Gasteiger partial charge in [-0.25, -0.2) is 0 Å². The number of rotatable bonds is 4. The van der Waals surface area contributed by atoms with Crippen molar-refractivity contribution < 1.29 is 19.1 Å². The maximum Gasteiger partial charge on any atom is 0.267 e. The molecule has 1 aromatic carbocycles. The van der Waals surface area contributed by atoms with Crippen LogP contribution in [0.25, 0.3) is 0 Å². The summed E-state index contributed by atoms with van der Waals surface area (Å²) >= 11 is 0. The van der Waals surface area contributed by atoms with Gasteiger partial charge in [-0.2, -0.15) is 0 Å². The van der Waals surface area contributed by atoms with E-state index in [0.29, 0.717) is 24.4 Å². The molecule has 0 aliphatic carbocycles. The molecule has 0 unspecified atom stereocenters. The molecule has 24 heavy (non-hydrogen) atoms. The van der Waals surface area contributed by atoms with Crippen LogP contribution in [0.2, 0.25) is 0 Å². The Morgan fingerprint density at radius 3 is 2.96 bits per heavy atom. The summed E-state index contributed by atoms with van der Waals surface area (Å²) < 4.78 is 5.57. The molecule has 2 N–H and O–H groups in total. The molecule has 0 radical (unpaired) electrons. The molecular weight excluding hydrogens is 310 g/mol. The molecule has 3 amide bonds. The summed E-state index contributed by atoms with van der Waals surface area (Å²) in [5, 5.41) is 5.47. The lowest BCUT2D eigenvalue weighted by Gasteiger charge is -2.33. The average molecular weight is 331 g/mol. The molecule has 2 heterocycles. The van der Waals surface area contributed by atoms with Crippen molar-refractivity contribution in [2.75, 3.05) is 18.0 Å². The van der Waals surface area contributed by atoms with Gasteiger partial charge in [0.1, 0.15) is 11.8 Å². The lowest BCUT2D eigenvalue weighted by atomic mass is 10.1. The summed E-state index contributed by atoms with van der Waals surface area (Å²) in [4.78, 5) is 37.7. The number of amides is 3. The molecular formula is C17H21N3O4. The topological polar surface area (TPSA) is 87.7 Å². The van der Waals surface area contributed by atoms with E-state index in [1.54, 1.807) is 24.0 Å². The van der Waals surface area contributed by atoms with Crippen LogP contribution in [0.15, 0.2) is 24.3 Å². The zero-order chi connectivity index (χ0) is 17.1. The summed E-state index contributed by atoms with van der Waals surface area (Å²) in [6, 6.07) is 6.79. The number of hydrogen-bond donors (Lipinski definition) is 2. The molecule has 7 heteroatoms. The van der Waals surface area contributed by atoms with Gasteiger partial charge >= 0.3 is 0 Å². The molecule has 1 saturated heterocycles. The first-order valence-corrected chi connectivity index (χ1v) is 8.20. The van der Waals surface area contributed by atoms with Crippen molar-refractivity contribution in [3.8, 4) is 5.75 Å². The monoisotopic (exact) mass is 331 g/mol. The molecule has 0 saturated carbocycles. The van der Waals surface area contributed by atoms with E-state index in [4.69, 9.17) is 4.74 Å². The summed E-state index contributed by atoms with van der Waals surface area (Å²) in [5.74, 6) is 0.0890. The third-order valence-corrected chi connectivity index (χ3v) is 4.26. The summed E-state index contributed by atoms with van der Waals surface area (Å²) in [7, 11) is 0. The smallest absolute Gasteiger partial charge is 0.267 e. The van der Waals surface area contributed by atoms with Crippen LogP contribution in [0.3, 0.4) is 0 Å². The van der Waals surface area contributed by atoms with Gasteiger partial charge in [-0.05, 0) is 31.9 Å². The molecule has 3 rings (SSSR count). The fraction of sp³-hybridized carbons (Fsp3) is 0.471. The average Bonchev–Trinajstić information content (AvgIpc) is 2.57. The van der Waals surface area contributed by atoms with Crippen LogP contribution < -0.4 is 20.3 Å². The Morgan fingerprint density at radius 1 is 1.38 bits per heavy atom. The molecule has 2 atom stereocenters. The predicted molar refractivity (Wildman–Crippen MR) is 87.7 cm³/mol. The molecule has 2 aliphatic rings. The van der Waals surface area contributed by atoms with Crippen LogP contribution in [0.4, 0.5) is 5.69 Å². The van der Waals surface area contributed by atoms with Crippen molar-refractivity contribution in [1.82, 2.24) is 10.6 Å². The first-order chi connectivity index (χ1) is 11.6. The predicted octanol–water partition coefficient (Wildman–Crippen LogP) is 0.585. The van der Waals surface area contributed by atoms with Gasteiger partial charge in [0, 0.05) is 19.5 Å². The summed E-state index contributed by atoms with van der Waals surface area (Å²) in [6.07, 6.45) is 1.06. The first kappa shape index (κ1) is 16.3. The number of ether oxygens (including phenoxy) is 1. The second-order valence-electron chi connectivity index (χ2n) is 6.02. The minimum atomic E-state index is -0.577. The molecule has 0 spiro atoms. The van der Waals surface area contributed by atoms with Crippen LogP contribution in [-0.4, -0.2) is 43.0 Å². The summed E-state index contributed by atoms with van der Waals surface area (Å²) in [5.41, 5.74) is 0.670. The Kier molecular flexibility index (Phi) is 4.69. The van der Waals surface area contributed by atoms with Gasteiger partial charge in [-0.15, -0.1) is 0 Å². The molecule has 0 bridgehead atoms. The Hall–Kier alpha value is -2.57. The number of carbonyl (C=O) groups excluding carboxylic acids is 3. The van der Waals surface area contributed by atoms with E-state index in [1.807, 2.05) is 12.1 Å². The number of nitrogens with one attached hydrogen (secondary N) is 2. The number of piperidine rings is 1. The van der Waals surface area contributed by atoms with Gasteiger partial charge in [0.25, 0.3) is 5.91 Å². The standard InChI is InChI=1S/C17H21N3O4/c1-11-17(23)20(13-6-2-3-7-14(13)24-11)10-8-15(21)19-12-5-4-9-18-16(12)22/h2-3,6-7,11-12H,4-5,8-10H2,1H3,(H,18,22)(H,19,21)/t11-,12-/m1/s1. The molecule has 1 aromatic rings. The molecule has 2 aliphatic heterocycles. The zero-order valence-electron chi connectivity index (χ0n) is 13.6. The highest BCUT2D eigenvalue weighted by Gasteiger charge is 2.31. The zero-order valence-corrected chi connectivity index (χ0v) is 13.6. The van der Waals surface area contributed by atoms with Crippen LogP contribution in [0.1, 0.15) is 26.2 Å². The highest BCUT2D eigenvalue weighted by molar-refractivity contribution is 6.00. The second kappa shape index (κ2) is 6.90. The molecule has 0 aromatic heterocycles. The van der Waals surface area contributed by atoms with Gasteiger partial charge < -0.3 is 20.3 Å². The van der Waals surface area contributed by atoms with Crippen LogP contribution in [0, 0.1) is 0 Å². The molecule has 128 valence electrons. The number of benzene rings is 1. The highest BCUT2D eigenvalue weighted by Crippen LogP contribution is 2.33. The van der Waals surface area contributed by atoms with E-state index in [9.17, 15) is 14.4 Å². The Balaban J connectivity index is 1.62. The van der Waals surface area contributed by atoms with E-state index in [2.05, 4.69) is 10.6 Å². The van der Waals surface area contributed by atoms with Gasteiger partial charge in [-0.1, -0.05) is 12.1 Å². The fourth-order valence-corrected chi connectivity index (χ4v) is 2.98.